The van der Waals surface area contributed by atoms with Gasteiger partial charge in [-0.05, 0) is 24.9 Å². The fraction of sp³-hybridized carbons (Fsp3) is 0.556. The summed E-state index contributed by atoms with van der Waals surface area (Å²) >= 11 is 5.58. The summed E-state index contributed by atoms with van der Waals surface area (Å²) in [7, 11) is 1.70. The third kappa shape index (κ3) is 3.00. The normalized spacial score (nSPS) is 12.6. The molecule has 0 aliphatic carbocycles. The van der Waals surface area contributed by atoms with Gasteiger partial charge >= 0.3 is 0 Å². The van der Waals surface area contributed by atoms with E-state index in [1.165, 1.54) is 0 Å². The van der Waals surface area contributed by atoms with Gasteiger partial charge in [0.1, 0.15) is 0 Å². The molecule has 1 rings (SSSR count). The molecular formula is C9H13ClFN3O. The van der Waals surface area contributed by atoms with Gasteiger partial charge < -0.3 is 10.0 Å². The first kappa shape index (κ1) is 12.1. The highest BCUT2D eigenvalue weighted by molar-refractivity contribution is 6.28. The van der Waals surface area contributed by atoms with E-state index in [9.17, 15) is 4.39 Å². The highest BCUT2D eigenvalue weighted by atomic mass is 35.5. The number of aliphatic hydroxyl groups excluding tert-OH is 1. The number of anilines is 1. The fourth-order valence-electron chi connectivity index (χ4n) is 1.17. The minimum absolute atomic E-state index is 0.00875. The summed E-state index contributed by atoms with van der Waals surface area (Å²) in [5.74, 6) is -0.373. The maximum atomic E-state index is 13.3. The van der Waals surface area contributed by atoms with E-state index >= 15 is 0 Å². The molecule has 1 unspecified atom stereocenters. The van der Waals surface area contributed by atoms with Crippen molar-refractivity contribution in [2.24, 2.45) is 0 Å². The SMILES string of the molecule is CC(CCO)N(C)c1nc(Cl)ncc1F. The molecule has 0 amide bonds. The first-order chi connectivity index (χ1) is 7.06. The van der Waals surface area contributed by atoms with Crippen LogP contribution >= 0.6 is 11.6 Å². The number of aromatic nitrogens is 2. The van der Waals surface area contributed by atoms with Crippen molar-refractivity contribution in [3.8, 4) is 0 Å². The van der Waals surface area contributed by atoms with Crippen LogP contribution in [-0.4, -0.2) is 34.8 Å². The maximum Gasteiger partial charge on any atom is 0.224 e. The first-order valence-corrected chi connectivity index (χ1v) is 4.95. The number of rotatable bonds is 4. The average Bonchev–Trinajstić information content (AvgIpc) is 2.21. The van der Waals surface area contributed by atoms with Crippen LogP contribution in [0.4, 0.5) is 10.2 Å². The van der Waals surface area contributed by atoms with Gasteiger partial charge in [0.05, 0.1) is 6.20 Å². The van der Waals surface area contributed by atoms with E-state index in [1.54, 1.807) is 11.9 Å². The molecule has 15 heavy (non-hydrogen) atoms. The maximum absolute atomic E-state index is 13.3. The second-order valence-corrected chi connectivity index (χ2v) is 3.62. The van der Waals surface area contributed by atoms with Crippen molar-refractivity contribution in [1.82, 2.24) is 9.97 Å². The van der Waals surface area contributed by atoms with E-state index in [4.69, 9.17) is 16.7 Å². The minimum atomic E-state index is -0.522. The summed E-state index contributed by atoms with van der Waals surface area (Å²) in [6, 6.07) is -0.0181. The van der Waals surface area contributed by atoms with Crippen molar-refractivity contribution in [3.63, 3.8) is 0 Å². The molecule has 4 nitrogen and oxygen atoms in total. The summed E-state index contributed by atoms with van der Waals surface area (Å²) in [4.78, 5) is 8.95. The van der Waals surface area contributed by atoms with Crippen LogP contribution in [0.2, 0.25) is 5.28 Å². The van der Waals surface area contributed by atoms with Gasteiger partial charge in [-0.1, -0.05) is 0 Å². The molecule has 0 radical (unpaired) electrons. The molecule has 0 saturated heterocycles. The van der Waals surface area contributed by atoms with Crippen molar-refractivity contribution in [2.75, 3.05) is 18.6 Å². The summed E-state index contributed by atoms with van der Waals surface area (Å²) in [6.07, 6.45) is 1.57. The predicted molar refractivity (Wildman–Crippen MR) is 56.6 cm³/mol. The molecule has 0 fully saturated rings. The Bertz CT molecular complexity index is 337. The molecular weight excluding hydrogens is 221 g/mol. The topological polar surface area (TPSA) is 49.2 Å². The molecule has 1 heterocycles. The monoisotopic (exact) mass is 233 g/mol. The number of nitrogens with zero attached hydrogens (tertiary/aromatic N) is 3. The zero-order chi connectivity index (χ0) is 11.4. The van der Waals surface area contributed by atoms with Crippen LogP contribution < -0.4 is 4.90 Å². The van der Waals surface area contributed by atoms with E-state index in [-0.39, 0.29) is 23.8 Å². The lowest BCUT2D eigenvalue weighted by atomic mass is 10.2. The quantitative estimate of drug-likeness (QED) is 0.801. The molecule has 84 valence electrons. The Morgan fingerprint density at radius 3 is 2.93 bits per heavy atom. The lowest BCUT2D eigenvalue weighted by Crippen LogP contribution is -2.31. The largest absolute Gasteiger partial charge is 0.396 e. The zero-order valence-electron chi connectivity index (χ0n) is 8.61. The standard InChI is InChI=1S/C9H13ClFN3O/c1-6(3-4-15)14(2)8-7(11)5-12-9(10)13-8/h5-6,15H,3-4H2,1-2H3. The summed E-state index contributed by atoms with van der Waals surface area (Å²) < 4.78 is 13.3. The van der Waals surface area contributed by atoms with Gasteiger partial charge in [0.2, 0.25) is 5.28 Å². The molecule has 0 aliphatic rings. The Hall–Kier alpha value is -0.940. The highest BCUT2D eigenvalue weighted by Gasteiger charge is 2.15. The van der Waals surface area contributed by atoms with Crippen LogP contribution in [-0.2, 0) is 0 Å². The van der Waals surface area contributed by atoms with Crippen molar-refractivity contribution < 1.29 is 9.50 Å². The van der Waals surface area contributed by atoms with E-state index in [2.05, 4.69) is 9.97 Å². The van der Waals surface area contributed by atoms with E-state index in [1.807, 2.05) is 6.92 Å². The number of aliphatic hydroxyl groups is 1. The molecule has 1 aromatic heterocycles. The summed E-state index contributed by atoms with van der Waals surface area (Å²) in [5, 5.41) is 8.79. The van der Waals surface area contributed by atoms with Gasteiger partial charge in [0.15, 0.2) is 11.6 Å². The number of hydrogen-bond donors (Lipinski definition) is 1. The highest BCUT2D eigenvalue weighted by Crippen LogP contribution is 2.18. The molecule has 0 bridgehead atoms. The molecule has 6 heteroatoms. The summed E-state index contributed by atoms with van der Waals surface area (Å²) in [5.41, 5.74) is 0. The molecule has 0 saturated carbocycles. The fourth-order valence-corrected chi connectivity index (χ4v) is 1.30. The van der Waals surface area contributed by atoms with E-state index in [0.717, 1.165) is 6.20 Å². The molecule has 1 aromatic rings. The van der Waals surface area contributed by atoms with Gasteiger partial charge in [-0.2, -0.15) is 4.98 Å². The van der Waals surface area contributed by atoms with Crippen LogP contribution in [0.1, 0.15) is 13.3 Å². The zero-order valence-corrected chi connectivity index (χ0v) is 9.37. The smallest absolute Gasteiger partial charge is 0.224 e. The van der Waals surface area contributed by atoms with Crippen LogP contribution in [0.15, 0.2) is 6.20 Å². The van der Waals surface area contributed by atoms with E-state index in [0.29, 0.717) is 6.42 Å². The Labute approximate surface area is 92.7 Å². The number of halogens is 2. The Morgan fingerprint density at radius 1 is 1.67 bits per heavy atom. The van der Waals surface area contributed by atoms with Crippen LogP contribution in [0.5, 0.6) is 0 Å². The van der Waals surface area contributed by atoms with Crippen LogP contribution in [0.3, 0.4) is 0 Å². The van der Waals surface area contributed by atoms with Gasteiger partial charge in [0, 0.05) is 19.7 Å². The Kier molecular flexibility index (Phi) is 4.23. The molecule has 1 N–H and O–H groups in total. The number of hydrogen-bond acceptors (Lipinski definition) is 4. The first-order valence-electron chi connectivity index (χ1n) is 4.58. The van der Waals surface area contributed by atoms with Gasteiger partial charge in [-0.25, -0.2) is 9.37 Å². The molecule has 0 spiro atoms. The van der Waals surface area contributed by atoms with Gasteiger partial charge in [-0.15, -0.1) is 0 Å². The minimum Gasteiger partial charge on any atom is -0.396 e. The van der Waals surface area contributed by atoms with Crippen molar-refractivity contribution >= 4 is 17.4 Å². The lowest BCUT2D eigenvalue weighted by molar-refractivity contribution is 0.277. The third-order valence-corrected chi connectivity index (χ3v) is 2.42. The van der Waals surface area contributed by atoms with Crippen molar-refractivity contribution in [3.05, 3.63) is 17.3 Å². The molecule has 0 aliphatic heterocycles. The summed E-state index contributed by atoms with van der Waals surface area (Å²) in [6.45, 7) is 1.91. The lowest BCUT2D eigenvalue weighted by Gasteiger charge is -2.25. The van der Waals surface area contributed by atoms with E-state index < -0.39 is 5.82 Å². The van der Waals surface area contributed by atoms with Gasteiger partial charge in [0.25, 0.3) is 0 Å². The van der Waals surface area contributed by atoms with Crippen LogP contribution in [0, 0.1) is 5.82 Å². The van der Waals surface area contributed by atoms with Crippen LogP contribution in [0.25, 0.3) is 0 Å². The molecule has 1 atom stereocenters. The molecule has 0 aromatic carbocycles. The Balaban J connectivity index is 2.89. The second kappa shape index (κ2) is 5.23. The predicted octanol–water partition coefficient (Wildman–Crippen LogP) is 1.48. The van der Waals surface area contributed by atoms with Crippen molar-refractivity contribution in [2.45, 2.75) is 19.4 Å². The third-order valence-electron chi connectivity index (χ3n) is 2.24. The average molecular weight is 234 g/mol. The second-order valence-electron chi connectivity index (χ2n) is 3.28. The Morgan fingerprint density at radius 2 is 2.33 bits per heavy atom. The van der Waals surface area contributed by atoms with Crippen molar-refractivity contribution in [1.29, 1.82) is 0 Å². The van der Waals surface area contributed by atoms with Gasteiger partial charge in [-0.3, -0.25) is 0 Å².